The second-order valence-electron chi connectivity index (χ2n) is 6.30. The standard InChI is InChI=1S/C20H23N3O6.C2H6.CH5P/c1-13-8-4-5-9-16(13)14(2)28-19(24)21-12-22-20(25)29-15(3)17-10-6-7-11-18(17)23(26)27;2*1-2/h4-11,14-15H,12H2,1-3H3,(H,21,24)(H,22,25);1-2H3;2H2,1H3. The van der Waals surface area contributed by atoms with Crippen molar-refractivity contribution in [2.24, 2.45) is 0 Å². The van der Waals surface area contributed by atoms with E-state index in [2.05, 4.69) is 19.9 Å². The van der Waals surface area contributed by atoms with E-state index in [1.165, 1.54) is 25.1 Å². The number of aryl methyl sites for hydroxylation is 1. The van der Waals surface area contributed by atoms with Gasteiger partial charge >= 0.3 is 12.2 Å². The molecule has 0 radical (unpaired) electrons. The Morgan fingerprint density at radius 1 is 0.909 bits per heavy atom. The van der Waals surface area contributed by atoms with Crippen LogP contribution in [0.25, 0.3) is 0 Å². The minimum absolute atomic E-state index is 0.139. The Balaban J connectivity index is 0.00000242. The van der Waals surface area contributed by atoms with E-state index in [0.717, 1.165) is 11.1 Å². The van der Waals surface area contributed by atoms with Gasteiger partial charge in [-0.1, -0.05) is 56.9 Å². The lowest BCUT2D eigenvalue weighted by molar-refractivity contribution is -0.386. The average molecular weight is 480 g/mol. The van der Waals surface area contributed by atoms with E-state index in [0.29, 0.717) is 0 Å². The first-order valence-corrected chi connectivity index (χ1v) is 11.7. The number of hydrogen-bond acceptors (Lipinski definition) is 6. The van der Waals surface area contributed by atoms with Crippen molar-refractivity contribution in [2.45, 2.75) is 46.8 Å². The number of hydrogen-bond donors (Lipinski definition) is 2. The minimum atomic E-state index is -0.843. The van der Waals surface area contributed by atoms with Gasteiger partial charge in [0.15, 0.2) is 0 Å². The first-order chi connectivity index (χ1) is 15.8. The number of carbonyl (C=O) groups is 2. The van der Waals surface area contributed by atoms with Crippen LogP contribution in [0.1, 0.15) is 56.6 Å². The Bertz CT molecular complexity index is 894. The van der Waals surface area contributed by atoms with Crippen molar-refractivity contribution in [2.75, 3.05) is 13.3 Å². The molecular formula is C23H34N3O6P. The molecule has 2 aromatic rings. The monoisotopic (exact) mass is 479 g/mol. The van der Waals surface area contributed by atoms with Crippen LogP contribution < -0.4 is 10.6 Å². The lowest BCUT2D eigenvalue weighted by Crippen LogP contribution is -2.38. The highest BCUT2D eigenvalue weighted by Crippen LogP contribution is 2.26. The number of nitrogens with zero attached hydrogens (tertiary/aromatic N) is 1. The summed E-state index contributed by atoms with van der Waals surface area (Å²) in [6.07, 6.45) is -2.83. The summed E-state index contributed by atoms with van der Waals surface area (Å²) in [6, 6.07) is 13.5. The van der Waals surface area contributed by atoms with Crippen molar-refractivity contribution < 1.29 is 24.0 Å². The number of benzene rings is 2. The molecule has 0 aromatic heterocycles. The molecule has 0 saturated heterocycles. The summed E-state index contributed by atoms with van der Waals surface area (Å²) in [7, 11) is 2.42. The number of nitro benzene ring substituents is 1. The number of amides is 2. The van der Waals surface area contributed by atoms with E-state index in [9.17, 15) is 19.7 Å². The van der Waals surface area contributed by atoms with E-state index < -0.39 is 29.3 Å². The van der Waals surface area contributed by atoms with Crippen LogP contribution in [0.3, 0.4) is 0 Å². The fourth-order valence-electron chi connectivity index (χ4n) is 2.76. The molecule has 10 heteroatoms. The maximum absolute atomic E-state index is 11.9. The smallest absolute Gasteiger partial charge is 0.409 e. The summed E-state index contributed by atoms with van der Waals surface area (Å²) in [6.45, 7) is 10.9. The molecule has 0 saturated carbocycles. The molecule has 9 nitrogen and oxygen atoms in total. The third-order valence-electron chi connectivity index (χ3n) is 4.23. The van der Waals surface area contributed by atoms with Crippen molar-refractivity contribution >= 4 is 27.1 Å². The third-order valence-corrected chi connectivity index (χ3v) is 4.23. The Hall–Kier alpha value is -3.19. The van der Waals surface area contributed by atoms with Gasteiger partial charge in [0.1, 0.15) is 12.2 Å². The van der Waals surface area contributed by atoms with Crippen molar-refractivity contribution in [1.82, 2.24) is 10.6 Å². The second kappa shape index (κ2) is 16.4. The zero-order valence-electron chi connectivity index (χ0n) is 20.0. The summed E-state index contributed by atoms with van der Waals surface area (Å²) in [5, 5.41) is 15.8. The van der Waals surface area contributed by atoms with Crippen LogP contribution in [-0.2, 0) is 9.47 Å². The van der Waals surface area contributed by atoms with Gasteiger partial charge < -0.3 is 20.1 Å². The van der Waals surface area contributed by atoms with Gasteiger partial charge in [-0.25, -0.2) is 9.59 Å². The van der Waals surface area contributed by atoms with Gasteiger partial charge in [-0.2, -0.15) is 0 Å². The third kappa shape index (κ3) is 10.3. The molecule has 0 aliphatic carbocycles. The highest BCUT2D eigenvalue weighted by Gasteiger charge is 2.21. The van der Waals surface area contributed by atoms with Gasteiger partial charge in [0, 0.05) is 6.07 Å². The molecule has 2 aromatic carbocycles. The Kier molecular flexibility index (Phi) is 14.9. The fourth-order valence-corrected chi connectivity index (χ4v) is 2.76. The number of nitro groups is 1. The number of nitrogens with one attached hydrogen (secondary N) is 2. The van der Waals surface area contributed by atoms with Crippen molar-refractivity contribution in [3.05, 3.63) is 75.3 Å². The van der Waals surface area contributed by atoms with Crippen LogP contribution in [0.15, 0.2) is 48.5 Å². The van der Waals surface area contributed by atoms with Crippen LogP contribution in [-0.4, -0.2) is 30.4 Å². The predicted molar refractivity (Wildman–Crippen MR) is 132 cm³/mol. The van der Waals surface area contributed by atoms with E-state index in [-0.39, 0.29) is 17.9 Å². The number of ether oxygens (including phenoxy) is 2. The quantitative estimate of drug-likeness (QED) is 0.229. The van der Waals surface area contributed by atoms with E-state index in [1.54, 1.807) is 13.0 Å². The largest absolute Gasteiger partial charge is 0.442 e. The van der Waals surface area contributed by atoms with E-state index in [4.69, 9.17) is 9.47 Å². The SMILES string of the molecule is CC.CP.Cc1ccccc1C(C)OC(=O)NCNC(=O)OC(C)c1ccccc1[N+](=O)[O-]. The Labute approximate surface area is 197 Å². The molecule has 0 bridgehead atoms. The molecule has 2 rings (SSSR count). The molecule has 0 heterocycles. The van der Waals surface area contributed by atoms with Crippen LogP contribution in [0.5, 0.6) is 0 Å². The summed E-state index contributed by atoms with van der Waals surface area (Å²) in [5.74, 6) is 0. The lowest BCUT2D eigenvalue weighted by Gasteiger charge is -2.17. The summed E-state index contributed by atoms with van der Waals surface area (Å²) in [4.78, 5) is 34.3. The molecule has 0 fully saturated rings. The minimum Gasteiger partial charge on any atom is -0.442 e. The predicted octanol–water partition coefficient (Wildman–Crippen LogP) is 5.65. The zero-order valence-corrected chi connectivity index (χ0v) is 21.1. The number of carbonyl (C=O) groups excluding carboxylic acids is 2. The number of rotatable bonds is 7. The summed E-state index contributed by atoms with van der Waals surface area (Å²) in [5.41, 5.74) is 2.01. The zero-order chi connectivity index (χ0) is 25.4. The van der Waals surface area contributed by atoms with E-state index in [1.807, 2.05) is 51.7 Å². The van der Waals surface area contributed by atoms with Gasteiger partial charge in [0.05, 0.1) is 17.2 Å². The molecule has 0 aliphatic rings. The Morgan fingerprint density at radius 3 is 1.82 bits per heavy atom. The van der Waals surface area contributed by atoms with Gasteiger partial charge in [-0.3, -0.25) is 10.1 Å². The van der Waals surface area contributed by atoms with Crippen molar-refractivity contribution in [3.63, 3.8) is 0 Å². The molecule has 182 valence electrons. The van der Waals surface area contributed by atoms with Crippen LogP contribution in [0, 0.1) is 17.0 Å². The molecule has 33 heavy (non-hydrogen) atoms. The van der Waals surface area contributed by atoms with Crippen LogP contribution in [0.4, 0.5) is 15.3 Å². The summed E-state index contributed by atoms with van der Waals surface area (Å²) < 4.78 is 10.4. The maximum Gasteiger partial charge on any atom is 0.409 e. The van der Waals surface area contributed by atoms with Gasteiger partial charge in [0.25, 0.3) is 5.69 Å². The lowest BCUT2D eigenvalue weighted by atomic mass is 10.1. The molecule has 3 atom stereocenters. The van der Waals surface area contributed by atoms with Crippen LogP contribution in [0.2, 0.25) is 0 Å². The molecule has 2 amide bonds. The van der Waals surface area contributed by atoms with E-state index >= 15 is 0 Å². The highest BCUT2D eigenvalue weighted by atomic mass is 31.0. The van der Waals surface area contributed by atoms with Gasteiger partial charge in [-0.05, 0) is 38.0 Å². The van der Waals surface area contributed by atoms with Crippen molar-refractivity contribution in [3.8, 4) is 0 Å². The fraction of sp³-hybridized carbons (Fsp3) is 0.391. The van der Waals surface area contributed by atoms with Crippen molar-refractivity contribution in [1.29, 1.82) is 0 Å². The van der Waals surface area contributed by atoms with Gasteiger partial charge in [0.2, 0.25) is 0 Å². The number of alkyl carbamates (subject to hydrolysis) is 2. The highest BCUT2D eigenvalue weighted by molar-refractivity contribution is 7.15. The molecule has 0 aliphatic heterocycles. The molecule has 2 N–H and O–H groups in total. The topological polar surface area (TPSA) is 120 Å². The Morgan fingerprint density at radius 2 is 1.33 bits per heavy atom. The first-order valence-electron chi connectivity index (χ1n) is 10.5. The van der Waals surface area contributed by atoms with Gasteiger partial charge in [-0.15, -0.1) is 9.24 Å². The first kappa shape index (κ1) is 29.8. The normalized spacial score (nSPS) is 11.2. The summed E-state index contributed by atoms with van der Waals surface area (Å²) >= 11 is 0. The maximum atomic E-state index is 11.9. The molecule has 0 spiro atoms. The second-order valence-corrected chi connectivity index (χ2v) is 6.30. The van der Waals surface area contributed by atoms with Crippen LogP contribution >= 0.6 is 9.24 Å². The molecular weight excluding hydrogens is 445 g/mol. The average Bonchev–Trinajstić information content (AvgIpc) is 2.81. The number of para-hydroxylation sites is 1. The molecule has 3 unspecified atom stereocenters.